The Hall–Kier alpha value is -2.62. The van der Waals surface area contributed by atoms with E-state index in [9.17, 15) is 9.59 Å². The van der Waals surface area contributed by atoms with E-state index in [1.165, 1.54) is 0 Å². The number of carbonyl (C=O) groups excluding carboxylic acids is 2. The number of benzene rings is 2. The number of amides is 2. The zero-order valence-electron chi connectivity index (χ0n) is 17.2. The topological polar surface area (TPSA) is 49.4 Å². The van der Waals surface area contributed by atoms with Crippen LogP contribution in [0.5, 0.6) is 0 Å². The minimum atomic E-state index is -0.0883. The SMILES string of the molecule is CC(=O)N(CCC(=O)Nc1cccc(C)c1C)c1c(C)cccc1C(C)C. The van der Waals surface area contributed by atoms with Gasteiger partial charge < -0.3 is 10.2 Å². The summed E-state index contributed by atoms with van der Waals surface area (Å²) in [6.07, 6.45) is 0.249. The molecule has 0 bridgehead atoms. The molecule has 27 heavy (non-hydrogen) atoms. The number of aryl methyl sites for hydroxylation is 2. The number of carbonyl (C=O) groups is 2. The van der Waals surface area contributed by atoms with Crippen LogP contribution in [0.25, 0.3) is 0 Å². The second kappa shape index (κ2) is 8.85. The molecule has 2 aromatic carbocycles. The zero-order valence-corrected chi connectivity index (χ0v) is 17.2. The number of nitrogens with one attached hydrogen (secondary N) is 1. The van der Waals surface area contributed by atoms with Gasteiger partial charge in [-0.1, -0.05) is 44.2 Å². The lowest BCUT2D eigenvalue weighted by Crippen LogP contribution is -2.33. The van der Waals surface area contributed by atoms with Crippen molar-refractivity contribution < 1.29 is 9.59 Å². The Bertz CT molecular complexity index is 840. The van der Waals surface area contributed by atoms with E-state index in [1.807, 2.05) is 51.1 Å². The van der Waals surface area contributed by atoms with E-state index in [-0.39, 0.29) is 18.2 Å². The highest BCUT2D eigenvalue weighted by Crippen LogP contribution is 2.31. The summed E-state index contributed by atoms with van der Waals surface area (Å²) in [5.41, 5.74) is 6.13. The van der Waals surface area contributed by atoms with Gasteiger partial charge in [-0.05, 0) is 55.0 Å². The highest BCUT2D eigenvalue weighted by Gasteiger charge is 2.20. The third-order valence-corrected chi connectivity index (χ3v) is 4.98. The monoisotopic (exact) mass is 366 g/mol. The largest absolute Gasteiger partial charge is 0.326 e. The molecule has 1 N–H and O–H groups in total. The van der Waals surface area contributed by atoms with Gasteiger partial charge in [-0.25, -0.2) is 0 Å². The molecule has 0 aromatic heterocycles. The Morgan fingerprint density at radius 1 is 1.00 bits per heavy atom. The standard InChI is InChI=1S/C23H30N2O2/c1-15(2)20-11-7-10-17(4)23(20)25(19(6)26)14-13-22(27)24-21-12-8-9-16(3)18(21)5/h7-12,15H,13-14H2,1-6H3,(H,24,27). The molecule has 0 aliphatic heterocycles. The van der Waals surface area contributed by atoms with Crippen molar-refractivity contribution in [1.29, 1.82) is 0 Å². The maximum Gasteiger partial charge on any atom is 0.226 e. The predicted molar refractivity (Wildman–Crippen MR) is 112 cm³/mol. The normalized spacial score (nSPS) is 10.8. The van der Waals surface area contributed by atoms with Crippen LogP contribution in [-0.4, -0.2) is 18.4 Å². The Labute approximate surface area is 162 Å². The molecule has 0 saturated carbocycles. The lowest BCUT2D eigenvalue weighted by molar-refractivity contribution is -0.117. The molecule has 0 radical (unpaired) electrons. The summed E-state index contributed by atoms with van der Waals surface area (Å²) >= 11 is 0. The molecule has 0 heterocycles. The number of para-hydroxylation sites is 1. The Kier molecular flexibility index (Phi) is 6.78. The highest BCUT2D eigenvalue weighted by molar-refractivity contribution is 5.96. The fourth-order valence-corrected chi connectivity index (χ4v) is 3.26. The molecule has 2 aromatic rings. The van der Waals surface area contributed by atoms with Crippen LogP contribution in [-0.2, 0) is 9.59 Å². The van der Waals surface area contributed by atoms with Crippen LogP contribution in [0.4, 0.5) is 11.4 Å². The molecule has 0 spiro atoms. The summed E-state index contributed by atoms with van der Waals surface area (Å²) in [4.78, 5) is 26.6. The first kappa shape index (κ1) is 20.7. The molecule has 0 atom stereocenters. The van der Waals surface area contributed by atoms with Crippen molar-refractivity contribution in [1.82, 2.24) is 0 Å². The third-order valence-electron chi connectivity index (χ3n) is 4.98. The second-order valence-electron chi connectivity index (χ2n) is 7.38. The van der Waals surface area contributed by atoms with Gasteiger partial charge in [-0.3, -0.25) is 9.59 Å². The lowest BCUT2D eigenvalue weighted by Gasteiger charge is -2.27. The van der Waals surface area contributed by atoms with E-state index >= 15 is 0 Å². The van der Waals surface area contributed by atoms with Gasteiger partial charge in [0.25, 0.3) is 0 Å². The average Bonchev–Trinajstić information content (AvgIpc) is 2.59. The summed E-state index contributed by atoms with van der Waals surface area (Å²) in [6, 6.07) is 11.9. The minimum Gasteiger partial charge on any atom is -0.326 e. The van der Waals surface area contributed by atoms with Gasteiger partial charge in [-0.15, -0.1) is 0 Å². The quantitative estimate of drug-likeness (QED) is 0.771. The number of hydrogen-bond donors (Lipinski definition) is 1. The van der Waals surface area contributed by atoms with Crippen molar-refractivity contribution in [3.8, 4) is 0 Å². The minimum absolute atomic E-state index is 0.0502. The summed E-state index contributed by atoms with van der Waals surface area (Å²) in [7, 11) is 0. The summed E-state index contributed by atoms with van der Waals surface area (Å²) < 4.78 is 0. The molecule has 2 rings (SSSR count). The van der Waals surface area contributed by atoms with Gasteiger partial charge in [0, 0.05) is 31.3 Å². The molecule has 0 aliphatic rings. The van der Waals surface area contributed by atoms with Crippen LogP contribution in [0.3, 0.4) is 0 Å². The van der Waals surface area contributed by atoms with Crippen molar-refractivity contribution in [3.63, 3.8) is 0 Å². The molecule has 4 nitrogen and oxygen atoms in total. The van der Waals surface area contributed by atoms with Crippen molar-refractivity contribution in [2.45, 2.75) is 53.9 Å². The molecular weight excluding hydrogens is 336 g/mol. The van der Waals surface area contributed by atoms with Gasteiger partial charge in [0.2, 0.25) is 11.8 Å². The fourth-order valence-electron chi connectivity index (χ4n) is 3.26. The van der Waals surface area contributed by atoms with Crippen molar-refractivity contribution in [2.24, 2.45) is 0 Å². The summed E-state index contributed by atoms with van der Waals surface area (Å²) in [5, 5.41) is 2.97. The molecule has 2 amide bonds. The van der Waals surface area contributed by atoms with Crippen LogP contribution in [0.2, 0.25) is 0 Å². The van der Waals surface area contributed by atoms with E-state index in [0.29, 0.717) is 12.5 Å². The molecule has 4 heteroatoms. The Morgan fingerprint density at radius 2 is 1.63 bits per heavy atom. The molecule has 144 valence electrons. The zero-order chi connectivity index (χ0) is 20.1. The Balaban J connectivity index is 2.18. The first-order valence-electron chi connectivity index (χ1n) is 9.46. The van der Waals surface area contributed by atoms with Gasteiger partial charge in [0.15, 0.2) is 0 Å². The predicted octanol–water partition coefficient (Wildman–Crippen LogP) is 5.12. The van der Waals surface area contributed by atoms with E-state index in [0.717, 1.165) is 33.6 Å². The molecule has 0 aliphatic carbocycles. The summed E-state index contributed by atoms with van der Waals surface area (Å²) in [5.74, 6) is 0.158. The maximum absolute atomic E-state index is 12.5. The van der Waals surface area contributed by atoms with E-state index in [4.69, 9.17) is 0 Å². The number of rotatable bonds is 6. The fraction of sp³-hybridized carbons (Fsp3) is 0.391. The molecule has 0 unspecified atom stereocenters. The second-order valence-corrected chi connectivity index (χ2v) is 7.38. The van der Waals surface area contributed by atoms with Gasteiger partial charge >= 0.3 is 0 Å². The molecule has 0 saturated heterocycles. The molecule has 0 fully saturated rings. The Morgan fingerprint density at radius 3 is 2.26 bits per heavy atom. The smallest absolute Gasteiger partial charge is 0.226 e. The highest BCUT2D eigenvalue weighted by atomic mass is 16.2. The van der Waals surface area contributed by atoms with Crippen LogP contribution in [0, 0.1) is 20.8 Å². The average molecular weight is 367 g/mol. The molecular formula is C23H30N2O2. The van der Waals surface area contributed by atoms with E-state index in [2.05, 4.69) is 25.2 Å². The van der Waals surface area contributed by atoms with Crippen molar-refractivity contribution >= 4 is 23.2 Å². The van der Waals surface area contributed by atoms with Crippen molar-refractivity contribution in [2.75, 3.05) is 16.8 Å². The number of hydrogen-bond acceptors (Lipinski definition) is 2. The number of anilines is 2. The van der Waals surface area contributed by atoms with Gasteiger partial charge in [-0.2, -0.15) is 0 Å². The first-order chi connectivity index (χ1) is 12.7. The number of nitrogens with zero attached hydrogens (tertiary/aromatic N) is 1. The first-order valence-corrected chi connectivity index (χ1v) is 9.46. The van der Waals surface area contributed by atoms with Gasteiger partial charge in [0.1, 0.15) is 0 Å². The summed E-state index contributed by atoms with van der Waals surface area (Å²) in [6.45, 7) is 12.2. The van der Waals surface area contributed by atoms with E-state index < -0.39 is 0 Å². The van der Waals surface area contributed by atoms with Crippen molar-refractivity contribution in [3.05, 3.63) is 58.7 Å². The van der Waals surface area contributed by atoms with Crippen LogP contribution >= 0.6 is 0 Å². The lowest BCUT2D eigenvalue weighted by atomic mass is 9.97. The van der Waals surface area contributed by atoms with Crippen LogP contribution < -0.4 is 10.2 Å². The van der Waals surface area contributed by atoms with Crippen LogP contribution in [0.15, 0.2) is 36.4 Å². The van der Waals surface area contributed by atoms with E-state index in [1.54, 1.807) is 11.8 Å². The van der Waals surface area contributed by atoms with Crippen LogP contribution in [0.1, 0.15) is 55.4 Å². The maximum atomic E-state index is 12.5. The third kappa shape index (κ3) is 4.97. The van der Waals surface area contributed by atoms with Gasteiger partial charge in [0.05, 0.1) is 0 Å².